The number of hydrogen-bond acceptors (Lipinski definition) is 3. The van der Waals surface area contributed by atoms with Gasteiger partial charge in [0.2, 0.25) is 5.91 Å². The SMILES string of the molecule is CC(=O)N(O)CC1=Cc2cccc(Oc3ccccc3)c2CC1. The van der Waals surface area contributed by atoms with Gasteiger partial charge in [-0.2, -0.15) is 0 Å². The Morgan fingerprint density at radius 1 is 1.13 bits per heavy atom. The van der Waals surface area contributed by atoms with Gasteiger partial charge in [0.05, 0.1) is 6.54 Å². The molecule has 0 aliphatic heterocycles. The van der Waals surface area contributed by atoms with E-state index in [-0.39, 0.29) is 12.5 Å². The number of nitrogens with zero attached hydrogens (tertiary/aromatic N) is 1. The Morgan fingerprint density at radius 2 is 1.91 bits per heavy atom. The summed E-state index contributed by atoms with van der Waals surface area (Å²) in [5.41, 5.74) is 3.27. The molecule has 0 unspecified atom stereocenters. The number of ether oxygens (including phenoxy) is 1. The molecular formula is C19H19NO3. The first-order valence-corrected chi connectivity index (χ1v) is 7.64. The summed E-state index contributed by atoms with van der Waals surface area (Å²) in [7, 11) is 0. The van der Waals surface area contributed by atoms with Crippen molar-refractivity contribution in [3.63, 3.8) is 0 Å². The van der Waals surface area contributed by atoms with E-state index in [4.69, 9.17) is 4.74 Å². The van der Waals surface area contributed by atoms with Crippen molar-refractivity contribution in [2.24, 2.45) is 0 Å². The molecule has 118 valence electrons. The van der Waals surface area contributed by atoms with Crippen LogP contribution in [-0.4, -0.2) is 22.7 Å². The van der Waals surface area contributed by atoms with Gasteiger partial charge in [0, 0.05) is 12.5 Å². The van der Waals surface area contributed by atoms with Crippen LogP contribution in [0.2, 0.25) is 0 Å². The minimum atomic E-state index is -0.349. The Hall–Kier alpha value is -2.59. The Morgan fingerprint density at radius 3 is 2.65 bits per heavy atom. The van der Waals surface area contributed by atoms with Crippen LogP contribution < -0.4 is 4.74 Å². The molecule has 2 aromatic carbocycles. The fourth-order valence-electron chi connectivity index (χ4n) is 2.70. The maximum atomic E-state index is 11.1. The molecule has 0 saturated heterocycles. The molecule has 0 aromatic heterocycles. The van der Waals surface area contributed by atoms with Crippen molar-refractivity contribution in [3.05, 3.63) is 65.2 Å². The smallest absolute Gasteiger partial charge is 0.243 e. The molecule has 2 aromatic rings. The van der Waals surface area contributed by atoms with Crippen molar-refractivity contribution in [1.29, 1.82) is 0 Å². The van der Waals surface area contributed by atoms with Crippen molar-refractivity contribution in [3.8, 4) is 11.5 Å². The van der Waals surface area contributed by atoms with Crippen molar-refractivity contribution < 1.29 is 14.7 Å². The molecule has 0 saturated carbocycles. The van der Waals surface area contributed by atoms with E-state index in [0.29, 0.717) is 0 Å². The lowest BCUT2D eigenvalue weighted by molar-refractivity contribution is -0.160. The summed E-state index contributed by atoms with van der Waals surface area (Å²) < 4.78 is 5.99. The zero-order chi connectivity index (χ0) is 16.2. The molecule has 0 fully saturated rings. The number of carbonyl (C=O) groups excluding carboxylic acids is 1. The first kappa shape index (κ1) is 15.3. The number of fused-ring (bicyclic) bond motifs is 1. The molecule has 1 aliphatic rings. The molecule has 1 N–H and O–H groups in total. The largest absolute Gasteiger partial charge is 0.457 e. The summed E-state index contributed by atoms with van der Waals surface area (Å²) in [6.45, 7) is 1.60. The van der Waals surface area contributed by atoms with E-state index in [2.05, 4.69) is 0 Å². The van der Waals surface area contributed by atoms with Crippen LogP contribution in [0.3, 0.4) is 0 Å². The fourth-order valence-corrected chi connectivity index (χ4v) is 2.70. The summed E-state index contributed by atoms with van der Waals surface area (Å²) in [6.07, 6.45) is 3.66. The Bertz CT molecular complexity index is 738. The highest BCUT2D eigenvalue weighted by atomic mass is 16.5. The van der Waals surface area contributed by atoms with Crippen LogP contribution in [0.1, 0.15) is 24.5 Å². The van der Waals surface area contributed by atoms with Gasteiger partial charge < -0.3 is 4.74 Å². The van der Waals surface area contributed by atoms with E-state index < -0.39 is 0 Å². The molecule has 23 heavy (non-hydrogen) atoms. The first-order chi connectivity index (χ1) is 11.1. The van der Waals surface area contributed by atoms with E-state index >= 15 is 0 Å². The maximum Gasteiger partial charge on any atom is 0.243 e. The number of hydrogen-bond donors (Lipinski definition) is 1. The lowest BCUT2D eigenvalue weighted by Crippen LogP contribution is -2.27. The van der Waals surface area contributed by atoms with E-state index in [1.807, 2.05) is 54.6 Å². The number of benzene rings is 2. The lowest BCUT2D eigenvalue weighted by atomic mass is 9.91. The van der Waals surface area contributed by atoms with Gasteiger partial charge in [-0.25, -0.2) is 5.06 Å². The summed E-state index contributed by atoms with van der Waals surface area (Å²) >= 11 is 0. The highest BCUT2D eigenvalue weighted by Gasteiger charge is 2.17. The average molecular weight is 309 g/mol. The molecule has 0 bridgehead atoms. The minimum Gasteiger partial charge on any atom is -0.457 e. The van der Waals surface area contributed by atoms with Gasteiger partial charge in [-0.1, -0.05) is 36.4 Å². The molecule has 1 aliphatic carbocycles. The molecule has 0 heterocycles. The predicted molar refractivity (Wildman–Crippen MR) is 88.4 cm³/mol. The van der Waals surface area contributed by atoms with Gasteiger partial charge in [0.1, 0.15) is 11.5 Å². The second kappa shape index (κ2) is 6.67. The number of amides is 1. The third-order valence-electron chi connectivity index (χ3n) is 3.91. The topological polar surface area (TPSA) is 49.8 Å². The van der Waals surface area contributed by atoms with E-state index in [0.717, 1.165) is 46.1 Å². The molecule has 4 heteroatoms. The van der Waals surface area contributed by atoms with Gasteiger partial charge in [-0.15, -0.1) is 0 Å². The van der Waals surface area contributed by atoms with Crippen LogP contribution >= 0.6 is 0 Å². The number of rotatable bonds is 4. The molecular weight excluding hydrogens is 290 g/mol. The molecule has 1 amide bonds. The van der Waals surface area contributed by atoms with Crippen LogP contribution in [0.5, 0.6) is 11.5 Å². The van der Waals surface area contributed by atoms with Gasteiger partial charge in [0.25, 0.3) is 0 Å². The lowest BCUT2D eigenvalue weighted by Gasteiger charge is -2.22. The molecule has 0 spiro atoms. The normalized spacial score (nSPS) is 13.0. The van der Waals surface area contributed by atoms with E-state index in [1.54, 1.807) is 0 Å². The number of carbonyl (C=O) groups is 1. The van der Waals surface area contributed by atoms with Crippen molar-refractivity contribution in [1.82, 2.24) is 5.06 Å². The van der Waals surface area contributed by atoms with Crippen LogP contribution in [0.25, 0.3) is 6.08 Å². The molecule has 4 nitrogen and oxygen atoms in total. The predicted octanol–water partition coefficient (Wildman–Crippen LogP) is 4.05. The Kier molecular flexibility index (Phi) is 4.44. The highest BCUT2D eigenvalue weighted by Crippen LogP contribution is 2.33. The van der Waals surface area contributed by atoms with E-state index in [1.165, 1.54) is 6.92 Å². The zero-order valence-corrected chi connectivity index (χ0v) is 13.0. The van der Waals surface area contributed by atoms with Crippen molar-refractivity contribution in [2.75, 3.05) is 6.54 Å². The number of para-hydroxylation sites is 1. The standard InChI is InChI=1S/C19H19NO3/c1-14(21)20(22)13-15-10-11-18-16(12-15)6-5-9-19(18)23-17-7-3-2-4-8-17/h2-9,12,22H,10-11,13H2,1H3. The Balaban J connectivity index is 1.83. The summed E-state index contributed by atoms with van der Waals surface area (Å²) in [5.74, 6) is 1.32. The van der Waals surface area contributed by atoms with Crippen LogP contribution in [0.15, 0.2) is 54.1 Å². The van der Waals surface area contributed by atoms with E-state index in [9.17, 15) is 10.0 Å². The maximum absolute atomic E-state index is 11.1. The third-order valence-corrected chi connectivity index (χ3v) is 3.91. The van der Waals surface area contributed by atoms with Crippen LogP contribution in [0, 0.1) is 0 Å². The van der Waals surface area contributed by atoms with Gasteiger partial charge >= 0.3 is 0 Å². The second-order valence-electron chi connectivity index (χ2n) is 5.62. The Labute approximate surface area is 135 Å². The van der Waals surface area contributed by atoms with Crippen molar-refractivity contribution in [2.45, 2.75) is 19.8 Å². The number of hydroxylamine groups is 2. The first-order valence-electron chi connectivity index (χ1n) is 7.64. The quantitative estimate of drug-likeness (QED) is 0.685. The van der Waals surface area contributed by atoms with Crippen LogP contribution in [-0.2, 0) is 11.2 Å². The summed E-state index contributed by atoms with van der Waals surface area (Å²) in [6, 6.07) is 15.7. The van der Waals surface area contributed by atoms with Gasteiger partial charge in [-0.3, -0.25) is 10.0 Å². The second-order valence-corrected chi connectivity index (χ2v) is 5.62. The van der Waals surface area contributed by atoms with Gasteiger partial charge in [0.15, 0.2) is 0 Å². The minimum absolute atomic E-state index is 0.249. The summed E-state index contributed by atoms with van der Waals surface area (Å²) in [5, 5.41) is 10.3. The zero-order valence-electron chi connectivity index (χ0n) is 13.0. The highest BCUT2D eigenvalue weighted by molar-refractivity contribution is 5.72. The molecule has 0 atom stereocenters. The average Bonchev–Trinajstić information content (AvgIpc) is 2.56. The summed E-state index contributed by atoms with van der Waals surface area (Å²) in [4.78, 5) is 11.1. The molecule has 3 rings (SSSR count). The monoisotopic (exact) mass is 309 g/mol. The van der Waals surface area contributed by atoms with Crippen molar-refractivity contribution >= 4 is 12.0 Å². The fraction of sp³-hybridized carbons (Fsp3) is 0.211. The van der Waals surface area contributed by atoms with Gasteiger partial charge in [-0.05, 0) is 42.2 Å². The molecule has 0 radical (unpaired) electrons. The van der Waals surface area contributed by atoms with Crippen LogP contribution in [0.4, 0.5) is 0 Å². The third kappa shape index (κ3) is 3.60.